The molecule has 0 aliphatic heterocycles. The predicted molar refractivity (Wildman–Crippen MR) is 81.0 cm³/mol. The minimum Gasteiger partial charge on any atom is -0.313 e. The van der Waals surface area contributed by atoms with Crippen LogP contribution in [-0.2, 0) is 6.42 Å². The van der Waals surface area contributed by atoms with Crippen LogP contribution < -0.4 is 5.32 Å². The lowest BCUT2D eigenvalue weighted by Gasteiger charge is -2.18. The fourth-order valence-electron chi connectivity index (χ4n) is 2.04. The number of rotatable bonds is 4. The molecule has 0 fully saturated rings. The molecule has 4 heteroatoms. The van der Waals surface area contributed by atoms with Gasteiger partial charge in [0.25, 0.3) is 0 Å². The van der Waals surface area contributed by atoms with Gasteiger partial charge in [-0.1, -0.05) is 18.2 Å². The molecule has 1 unspecified atom stereocenters. The van der Waals surface area contributed by atoms with Crippen LogP contribution in [0.2, 0.25) is 0 Å². The maximum Gasteiger partial charge on any atom is 0.126 e. The lowest BCUT2D eigenvalue weighted by Crippen LogP contribution is -2.20. The molecule has 0 saturated carbocycles. The smallest absolute Gasteiger partial charge is 0.126 e. The summed E-state index contributed by atoms with van der Waals surface area (Å²) in [5.74, 6) is -0.776. The van der Waals surface area contributed by atoms with Crippen molar-refractivity contribution in [1.82, 2.24) is 5.32 Å². The van der Waals surface area contributed by atoms with Crippen molar-refractivity contribution in [3.8, 4) is 0 Å². The van der Waals surface area contributed by atoms with Gasteiger partial charge in [-0.3, -0.25) is 0 Å². The minimum absolute atomic E-state index is 0.0376. The van der Waals surface area contributed by atoms with Gasteiger partial charge < -0.3 is 5.32 Å². The molecule has 2 aromatic carbocycles. The molecule has 1 N–H and O–H groups in total. The number of hydrogen-bond acceptors (Lipinski definition) is 1. The zero-order chi connectivity index (χ0) is 13.8. The lowest BCUT2D eigenvalue weighted by atomic mass is 9.98. The molecular weight excluding hydrogens is 359 g/mol. The molecule has 0 spiro atoms. The Balaban J connectivity index is 2.29. The van der Waals surface area contributed by atoms with Crippen molar-refractivity contribution >= 4 is 22.6 Å². The van der Waals surface area contributed by atoms with Gasteiger partial charge in [0, 0.05) is 9.61 Å². The fraction of sp³-hybridized carbons (Fsp3) is 0.200. The van der Waals surface area contributed by atoms with E-state index in [-0.39, 0.29) is 11.9 Å². The maximum absolute atomic E-state index is 13.7. The summed E-state index contributed by atoms with van der Waals surface area (Å²) < 4.78 is 28.0. The largest absolute Gasteiger partial charge is 0.313 e. The molecule has 0 aliphatic carbocycles. The monoisotopic (exact) mass is 373 g/mol. The molecule has 100 valence electrons. The summed E-state index contributed by atoms with van der Waals surface area (Å²) in [5, 5.41) is 3.16. The first kappa shape index (κ1) is 14.4. The summed E-state index contributed by atoms with van der Waals surface area (Å²) in [5.41, 5.74) is 1.48. The third-order valence-corrected chi connectivity index (χ3v) is 4.04. The van der Waals surface area contributed by atoms with Gasteiger partial charge in [0.05, 0.1) is 0 Å². The van der Waals surface area contributed by atoms with Gasteiger partial charge in [0.2, 0.25) is 0 Å². The molecule has 0 aromatic heterocycles. The van der Waals surface area contributed by atoms with Crippen LogP contribution in [0, 0.1) is 15.2 Å². The highest BCUT2D eigenvalue weighted by atomic mass is 127. The van der Waals surface area contributed by atoms with Crippen LogP contribution in [0.4, 0.5) is 8.78 Å². The van der Waals surface area contributed by atoms with E-state index in [0.717, 1.165) is 15.2 Å². The average Bonchev–Trinajstić information content (AvgIpc) is 2.41. The number of hydrogen-bond donors (Lipinski definition) is 1. The first-order chi connectivity index (χ1) is 9.11. The molecule has 0 aliphatic rings. The zero-order valence-corrected chi connectivity index (χ0v) is 12.6. The molecule has 0 amide bonds. The van der Waals surface area contributed by atoms with Gasteiger partial charge in [0.1, 0.15) is 11.6 Å². The summed E-state index contributed by atoms with van der Waals surface area (Å²) in [4.78, 5) is 0. The van der Waals surface area contributed by atoms with E-state index in [2.05, 4.69) is 27.9 Å². The molecule has 2 rings (SSSR count). The van der Waals surface area contributed by atoms with Crippen molar-refractivity contribution < 1.29 is 8.78 Å². The third-order valence-electron chi connectivity index (χ3n) is 3.06. The Hall–Kier alpha value is -1.01. The van der Waals surface area contributed by atoms with Crippen LogP contribution in [0.15, 0.2) is 42.5 Å². The number of halogens is 3. The summed E-state index contributed by atoms with van der Waals surface area (Å²) in [6.45, 7) is 0. The summed E-state index contributed by atoms with van der Waals surface area (Å²) in [6.07, 6.45) is 0.417. The molecule has 1 atom stereocenters. The van der Waals surface area contributed by atoms with Gasteiger partial charge >= 0.3 is 0 Å². The minimum atomic E-state index is -0.408. The van der Waals surface area contributed by atoms with Crippen molar-refractivity contribution in [2.24, 2.45) is 0 Å². The number of nitrogens with one attached hydrogen (secondary N) is 1. The lowest BCUT2D eigenvalue weighted by molar-refractivity contribution is 0.543. The van der Waals surface area contributed by atoms with E-state index >= 15 is 0 Å². The maximum atomic E-state index is 13.7. The van der Waals surface area contributed by atoms with E-state index < -0.39 is 5.82 Å². The fourth-order valence-corrected chi connectivity index (χ4v) is 2.81. The second-order valence-corrected chi connectivity index (χ2v) is 5.46. The zero-order valence-electron chi connectivity index (χ0n) is 10.5. The van der Waals surface area contributed by atoms with E-state index in [1.54, 1.807) is 0 Å². The standard InChI is InChI=1S/C15H14F2IN/c1-19-15(12-4-2-3-5-14(12)18)9-10-8-11(16)6-7-13(10)17/h2-8,15,19H,9H2,1H3. The summed E-state index contributed by atoms with van der Waals surface area (Å²) >= 11 is 2.25. The summed E-state index contributed by atoms with van der Waals surface area (Å²) in [7, 11) is 1.82. The van der Waals surface area contributed by atoms with Crippen molar-refractivity contribution in [3.05, 3.63) is 68.8 Å². The van der Waals surface area contributed by atoms with Crippen molar-refractivity contribution in [2.75, 3.05) is 7.05 Å². The highest BCUT2D eigenvalue weighted by Crippen LogP contribution is 2.24. The molecule has 0 bridgehead atoms. The molecule has 0 heterocycles. The molecule has 19 heavy (non-hydrogen) atoms. The molecule has 0 saturated heterocycles. The average molecular weight is 373 g/mol. The van der Waals surface area contributed by atoms with Crippen LogP contribution in [0.1, 0.15) is 17.2 Å². The van der Waals surface area contributed by atoms with Crippen LogP contribution in [0.25, 0.3) is 0 Å². The van der Waals surface area contributed by atoms with E-state index in [0.29, 0.717) is 12.0 Å². The Labute approximate surface area is 125 Å². The van der Waals surface area contributed by atoms with E-state index in [1.165, 1.54) is 12.1 Å². The Kier molecular flexibility index (Phi) is 4.87. The van der Waals surface area contributed by atoms with Crippen molar-refractivity contribution in [2.45, 2.75) is 12.5 Å². The first-order valence-electron chi connectivity index (χ1n) is 5.97. The van der Waals surface area contributed by atoms with Gasteiger partial charge in [-0.2, -0.15) is 0 Å². The van der Waals surface area contributed by atoms with Gasteiger partial charge in [-0.05, 0) is 71.5 Å². The van der Waals surface area contributed by atoms with E-state index in [9.17, 15) is 8.78 Å². The van der Waals surface area contributed by atoms with Crippen LogP contribution in [0.5, 0.6) is 0 Å². The van der Waals surface area contributed by atoms with Crippen LogP contribution >= 0.6 is 22.6 Å². The van der Waals surface area contributed by atoms with Crippen molar-refractivity contribution in [1.29, 1.82) is 0 Å². The van der Waals surface area contributed by atoms with Crippen molar-refractivity contribution in [3.63, 3.8) is 0 Å². The molecular formula is C15H14F2IN. The Morgan fingerprint density at radius 2 is 1.89 bits per heavy atom. The second kappa shape index (κ2) is 6.43. The molecule has 1 nitrogen and oxygen atoms in total. The summed E-state index contributed by atoms with van der Waals surface area (Å²) in [6, 6.07) is 11.4. The normalized spacial score (nSPS) is 12.4. The van der Waals surface area contributed by atoms with E-state index in [4.69, 9.17) is 0 Å². The number of likely N-dealkylation sites (N-methyl/N-ethyl adjacent to an activating group) is 1. The predicted octanol–water partition coefficient (Wildman–Crippen LogP) is 4.07. The third kappa shape index (κ3) is 3.51. The number of benzene rings is 2. The van der Waals surface area contributed by atoms with Gasteiger partial charge in [-0.15, -0.1) is 0 Å². The highest BCUT2D eigenvalue weighted by Gasteiger charge is 2.15. The van der Waals surface area contributed by atoms with Gasteiger partial charge in [-0.25, -0.2) is 8.78 Å². The van der Waals surface area contributed by atoms with Gasteiger partial charge in [0.15, 0.2) is 0 Å². The topological polar surface area (TPSA) is 12.0 Å². The van der Waals surface area contributed by atoms with E-state index in [1.807, 2.05) is 31.3 Å². The Morgan fingerprint density at radius 1 is 1.16 bits per heavy atom. The first-order valence-corrected chi connectivity index (χ1v) is 7.05. The Bertz CT molecular complexity index is 572. The highest BCUT2D eigenvalue weighted by molar-refractivity contribution is 14.1. The van der Waals surface area contributed by atoms with Crippen LogP contribution in [0.3, 0.4) is 0 Å². The molecule has 2 aromatic rings. The quantitative estimate of drug-likeness (QED) is 0.797. The Morgan fingerprint density at radius 3 is 2.58 bits per heavy atom. The van der Waals surface area contributed by atoms with Crippen LogP contribution in [-0.4, -0.2) is 7.05 Å². The second-order valence-electron chi connectivity index (χ2n) is 4.30. The SMILES string of the molecule is CNC(Cc1cc(F)ccc1F)c1ccccc1I. The molecule has 0 radical (unpaired) electrons.